The zero-order valence-corrected chi connectivity index (χ0v) is 7.78. The Labute approximate surface area is 82.7 Å². The zero-order valence-electron chi connectivity index (χ0n) is 6.15. The molecule has 0 saturated carbocycles. The highest BCUT2D eigenvalue weighted by Gasteiger charge is 1.95. The van der Waals surface area contributed by atoms with Crippen LogP contribution in [0.25, 0.3) is 0 Å². The van der Waals surface area contributed by atoms with Crippen molar-refractivity contribution in [3.8, 4) is 0 Å². The lowest BCUT2D eigenvalue weighted by molar-refractivity contribution is 1.26. The highest BCUT2D eigenvalue weighted by molar-refractivity contribution is 5.93. The number of nitrogen functional groups attached to an aromatic ring is 2. The third kappa shape index (κ3) is 3.41. The van der Waals surface area contributed by atoms with E-state index in [-0.39, 0.29) is 30.6 Å². The number of amidine groups is 1. The van der Waals surface area contributed by atoms with Crippen LogP contribution in [0.5, 0.6) is 0 Å². The Balaban J connectivity index is 0. The van der Waals surface area contributed by atoms with E-state index >= 15 is 0 Å². The molecule has 5 N–H and O–H groups in total. The number of hydrogen-bond acceptors (Lipinski definition) is 3. The first kappa shape index (κ1) is 13.6. The van der Waals surface area contributed by atoms with Gasteiger partial charge >= 0.3 is 0 Å². The van der Waals surface area contributed by atoms with Crippen molar-refractivity contribution in [3.63, 3.8) is 0 Å². The molecule has 0 aliphatic carbocycles. The highest BCUT2D eigenvalue weighted by atomic mass is 35.5. The van der Waals surface area contributed by atoms with Gasteiger partial charge in [0.05, 0.1) is 0 Å². The standard InChI is InChI=1S/C6H8N4.2ClH/c7-5-3-1-2-4(10-5)6(8)9;;/h1-3H,(H2,7,10)(H3,8,9);2*1H. The fourth-order valence-corrected chi connectivity index (χ4v) is 0.601. The van der Waals surface area contributed by atoms with Crippen LogP contribution < -0.4 is 11.5 Å². The molecule has 6 heteroatoms. The van der Waals surface area contributed by atoms with Crippen LogP contribution in [-0.2, 0) is 0 Å². The van der Waals surface area contributed by atoms with E-state index in [0.717, 1.165) is 0 Å². The number of nitrogens with one attached hydrogen (secondary N) is 1. The number of hydrogen-bond donors (Lipinski definition) is 3. The summed E-state index contributed by atoms with van der Waals surface area (Å²) in [4.78, 5) is 3.80. The lowest BCUT2D eigenvalue weighted by atomic mass is 10.3. The van der Waals surface area contributed by atoms with Gasteiger partial charge in [-0.25, -0.2) is 4.98 Å². The molecule has 0 radical (unpaired) electrons. The summed E-state index contributed by atoms with van der Waals surface area (Å²) in [5.41, 5.74) is 10.9. The monoisotopic (exact) mass is 208 g/mol. The topological polar surface area (TPSA) is 88.8 Å². The Hall–Kier alpha value is -1.00. The summed E-state index contributed by atoms with van der Waals surface area (Å²) in [6.07, 6.45) is 0. The van der Waals surface area contributed by atoms with Gasteiger partial charge in [0.2, 0.25) is 0 Å². The molecule has 1 aromatic rings. The molecule has 0 atom stereocenters. The first-order valence-corrected chi connectivity index (χ1v) is 2.77. The van der Waals surface area contributed by atoms with E-state index in [9.17, 15) is 0 Å². The van der Waals surface area contributed by atoms with E-state index in [2.05, 4.69) is 4.98 Å². The number of nitrogens with two attached hydrogens (primary N) is 2. The summed E-state index contributed by atoms with van der Waals surface area (Å²) in [5.74, 6) is 0.319. The molecule has 0 aliphatic heterocycles. The van der Waals surface area contributed by atoms with Crippen LogP contribution >= 0.6 is 24.8 Å². The van der Waals surface area contributed by atoms with Gasteiger partial charge in [0.1, 0.15) is 17.3 Å². The van der Waals surface area contributed by atoms with Gasteiger partial charge in [-0.2, -0.15) is 0 Å². The van der Waals surface area contributed by atoms with Crippen LogP contribution in [0.4, 0.5) is 5.82 Å². The predicted molar refractivity (Wildman–Crippen MR) is 54.2 cm³/mol. The summed E-state index contributed by atoms with van der Waals surface area (Å²) >= 11 is 0. The molecular formula is C6H10Cl2N4. The van der Waals surface area contributed by atoms with Gasteiger partial charge in [-0.15, -0.1) is 24.8 Å². The van der Waals surface area contributed by atoms with Crippen molar-refractivity contribution in [2.24, 2.45) is 5.73 Å². The maximum Gasteiger partial charge on any atom is 0.141 e. The fraction of sp³-hybridized carbons (Fsp3) is 0. The van der Waals surface area contributed by atoms with Crippen LogP contribution in [0, 0.1) is 5.41 Å². The Bertz CT molecular complexity index is 263. The van der Waals surface area contributed by atoms with Gasteiger partial charge in [0.25, 0.3) is 0 Å². The van der Waals surface area contributed by atoms with E-state index in [1.165, 1.54) is 0 Å². The molecule has 68 valence electrons. The predicted octanol–water partition coefficient (Wildman–Crippen LogP) is 0.791. The number of halogens is 2. The van der Waals surface area contributed by atoms with Crippen LogP contribution in [0.2, 0.25) is 0 Å². The van der Waals surface area contributed by atoms with Gasteiger partial charge < -0.3 is 11.5 Å². The van der Waals surface area contributed by atoms with Gasteiger partial charge in [-0.1, -0.05) is 6.07 Å². The molecule has 0 bridgehead atoms. The highest BCUT2D eigenvalue weighted by Crippen LogP contribution is 1.98. The van der Waals surface area contributed by atoms with Gasteiger partial charge in [0, 0.05) is 0 Å². The average Bonchev–Trinajstić information content (AvgIpc) is 1.88. The normalized spacial score (nSPS) is 7.67. The van der Waals surface area contributed by atoms with E-state index in [4.69, 9.17) is 16.9 Å². The Morgan fingerprint density at radius 2 is 1.92 bits per heavy atom. The second-order valence-electron chi connectivity index (χ2n) is 1.86. The molecule has 0 aliphatic rings. The molecule has 0 saturated heterocycles. The minimum Gasteiger partial charge on any atom is -0.384 e. The summed E-state index contributed by atoms with van der Waals surface area (Å²) in [6.45, 7) is 0. The largest absolute Gasteiger partial charge is 0.384 e. The van der Waals surface area contributed by atoms with E-state index in [1.54, 1.807) is 18.2 Å². The van der Waals surface area contributed by atoms with Crippen molar-refractivity contribution in [2.45, 2.75) is 0 Å². The molecule has 0 spiro atoms. The first-order valence-electron chi connectivity index (χ1n) is 2.77. The van der Waals surface area contributed by atoms with Crippen molar-refractivity contribution in [3.05, 3.63) is 23.9 Å². The summed E-state index contributed by atoms with van der Waals surface area (Å²) in [6, 6.07) is 4.99. The smallest absolute Gasteiger partial charge is 0.141 e. The molecular weight excluding hydrogens is 199 g/mol. The lowest BCUT2D eigenvalue weighted by Crippen LogP contribution is -2.13. The molecule has 1 rings (SSSR count). The molecule has 0 fully saturated rings. The Morgan fingerprint density at radius 3 is 2.25 bits per heavy atom. The number of anilines is 1. The maximum absolute atomic E-state index is 6.99. The van der Waals surface area contributed by atoms with E-state index in [1.807, 2.05) is 0 Å². The number of pyridine rings is 1. The minimum atomic E-state index is -0.0627. The average molecular weight is 209 g/mol. The minimum absolute atomic E-state index is 0. The second-order valence-corrected chi connectivity index (χ2v) is 1.86. The lowest BCUT2D eigenvalue weighted by Gasteiger charge is -1.96. The molecule has 1 heterocycles. The SMILES string of the molecule is Cl.Cl.N=C(N)c1cccc(N)n1. The van der Waals surface area contributed by atoms with Crippen molar-refractivity contribution >= 4 is 36.5 Å². The van der Waals surface area contributed by atoms with Crippen LogP contribution in [0.15, 0.2) is 18.2 Å². The molecule has 4 nitrogen and oxygen atoms in total. The molecule has 1 aromatic heterocycles. The maximum atomic E-state index is 6.99. The molecule has 0 unspecified atom stereocenters. The third-order valence-electron chi connectivity index (χ3n) is 1.05. The molecule has 0 amide bonds. The number of nitrogens with zero attached hydrogens (tertiary/aromatic N) is 1. The van der Waals surface area contributed by atoms with Crippen LogP contribution in [0.3, 0.4) is 0 Å². The zero-order chi connectivity index (χ0) is 7.56. The van der Waals surface area contributed by atoms with Crippen LogP contribution in [0.1, 0.15) is 5.69 Å². The van der Waals surface area contributed by atoms with Crippen LogP contribution in [-0.4, -0.2) is 10.8 Å². The van der Waals surface area contributed by atoms with Gasteiger partial charge in [-0.05, 0) is 12.1 Å². The van der Waals surface area contributed by atoms with E-state index in [0.29, 0.717) is 11.5 Å². The summed E-state index contributed by atoms with van der Waals surface area (Å²) in [5, 5.41) is 6.99. The Morgan fingerprint density at radius 1 is 1.33 bits per heavy atom. The first-order chi connectivity index (χ1) is 4.70. The Kier molecular flexibility index (Phi) is 6.37. The third-order valence-corrected chi connectivity index (χ3v) is 1.05. The molecule has 0 aromatic carbocycles. The quantitative estimate of drug-likeness (QED) is 0.471. The summed E-state index contributed by atoms with van der Waals surface area (Å²) < 4.78 is 0. The van der Waals surface area contributed by atoms with Gasteiger partial charge in [-0.3, -0.25) is 5.41 Å². The second kappa shape index (κ2) is 5.62. The van der Waals surface area contributed by atoms with E-state index < -0.39 is 0 Å². The van der Waals surface area contributed by atoms with Crippen molar-refractivity contribution in [1.29, 1.82) is 5.41 Å². The van der Waals surface area contributed by atoms with Gasteiger partial charge in [0.15, 0.2) is 0 Å². The van der Waals surface area contributed by atoms with Crippen molar-refractivity contribution < 1.29 is 0 Å². The number of rotatable bonds is 1. The van der Waals surface area contributed by atoms with Crippen molar-refractivity contribution in [1.82, 2.24) is 4.98 Å². The molecule has 12 heavy (non-hydrogen) atoms. The fourth-order valence-electron chi connectivity index (χ4n) is 0.601. The summed E-state index contributed by atoms with van der Waals surface area (Å²) in [7, 11) is 0. The number of aromatic nitrogens is 1. The van der Waals surface area contributed by atoms with Crippen molar-refractivity contribution in [2.75, 3.05) is 5.73 Å².